The molecule has 0 spiro atoms. The van der Waals surface area contributed by atoms with Gasteiger partial charge in [0.15, 0.2) is 5.52 Å². The highest BCUT2D eigenvalue weighted by molar-refractivity contribution is 5.93. The lowest BCUT2D eigenvalue weighted by atomic mass is 9.96. The quantitative estimate of drug-likeness (QED) is 0.687. The third-order valence-electron chi connectivity index (χ3n) is 5.45. The Labute approximate surface area is 160 Å². The zero-order valence-electron chi connectivity index (χ0n) is 15.3. The first kappa shape index (κ1) is 17.5. The highest BCUT2D eigenvalue weighted by Crippen LogP contribution is 2.35. The molecule has 0 atom stereocenters. The molecule has 2 saturated heterocycles. The van der Waals surface area contributed by atoms with Gasteiger partial charge < -0.3 is 9.64 Å². The van der Waals surface area contributed by atoms with Crippen molar-refractivity contribution in [2.45, 2.75) is 0 Å². The molecule has 5 rings (SSSR count). The molecule has 2 aliphatic heterocycles. The summed E-state index contributed by atoms with van der Waals surface area (Å²) in [5, 5.41) is 7.97. The van der Waals surface area contributed by atoms with Crippen LogP contribution in [0.25, 0.3) is 22.2 Å². The van der Waals surface area contributed by atoms with Crippen molar-refractivity contribution in [3.63, 3.8) is 0 Å². The molecule has 0 saturated carbocycles. The average molecular weight is 386 g/mol. The number of ether oxygens (including phenoxy) is 1. The summed E-state index contributed by atoms with van der Waals surface area (Å²) in [5.41, 5.74) is 3.29. The van der Waals surface area contributed by atoms with Crippen LogP contribution in [0, 0.1) is 17.6 Å². The fourth-order valence-corrected chi connectivity index (χ4v) is 4.03. The maximum Gasteiger partial charge on any atom is 0.158 e. The van der Waals surface area contributed by atoms with Gasteiger partial charge in [-0.15, -0.1) is 0 Å². The van der Waals surface area contributed by atoms with Crippen LogP contribution in [-0.4, -0.2) is 61.2 Å². The van der Waals surface area contributed by atoms with E-state index in [-0.39, 0.29) is 0 Å². The lowest BCUT2D eigenvalue weighted by Crippen LogP contribution is -2.53. The van der Waals surface area contributed by atoms with Crippen LogP contribution in [0.15, 0.2) is 35.0 Å². The first-order valence-electron chi connectivity index (χ1n) is 9.43. The van der Waals surface area contributed by atoms with Crippen molar-refractivity contribution in [3.8, 4) is 11.1 Å². The van der Waals surface area contributed by atoms with Crippen molar-refractivity contribution >= 4 is 16.7 Å². The van der Waals surface area contributed by atoms with Crippen molar-refractivity contribution < 1.29 is 18.1 Å². The van der Waals surface area contributed by atoms with Crippen molar-refractivity contribution in [2.75, 3.05) is 50.8 Å². The van der Waals surface area contributed by atoms with Crippen molar-refractivity contribution in [1.82, 2.24) is 15.2 Å². The summed E-state index contributed by atoms with van der Waals surface area (Å²) in [6.45, 7) is 6.42. The molecular weight excluding hydrogens is 366 g/mol. The number of halogens is 2. The third-order valence-corrected chi connectivity index (χ3v) is 5.45. The minimum absolute atomic E-state index is 0.467. The number of fused-ring (bicyclic) bond motifs is 1. The van der Waals surface area contributed by atoms with Crippen LogP contribution < -0.4 is 4.90 Å². The van der Waals surface area contributed by atoms with Crippen LogP contribution in [-0.2, 0) is 4.74 Å². The number of morpholine rings is 1. The van der Waals surface area contributed by atoms with E-state index < -0.39 is 11.6 Å². The zero-order chi connectivity index (χ0) is 19.1. The Kier molecular flexibility index (Phi) is 4.44. The van der Waals surface area contributed by atoms with E-state index in [4.69, 9.17) is 9.37 Å². The molecule has 146 valence electrons. The first-order valence-corrected chi connectivity index (χ1v) is 9.43. The summed E-state index contributed by atoms with van der Waals surface area (Å²) in [4.78, 5) is 4.65. The molecule has 3 aromatic rings. The summed E-state index contributed by atoms with van der Waals surface area (Å²) in [5.74, 6) is -0.641. The number of anilines is 1. The van der Waals surface area contributed by atoms with E-state index in [0.29, 0.717) is 28.1 Å². The molecule has 0 amide bonds. The van der Waals surface area contributed by atoms with Crippen molar-refractivity contribution in [2.24, 2.45) is 5.92 Å². The molecule has 0 bridgehead atoms. The maximum absolute atomic E-state index is 13.7. The number of hydrogen-bond donors (Lipinski definition) is 0. The van der Waals surface area contributed by atoms with Crippen LogP contribution in [0.5, 0.6) is 0 Å². The molecule has 2 aromatic carbocycles. The molecule has 28 heavy (non-hydrogen) atoms. The van der Waals surface area contributed by atoms with Gasteiger partial charge in [-0.1, -0.05) is 0 Å². The van der Waals surface area contributed by atoms with E-state index in [9.17, 15) is 8.78 Å². The first-order chi connectivity index (χ1) is 13.7. The van der Waals surface area contributed by atoms with Gasteiger partial charge in [-0.2, -0.15) is 0 Å². The van der Waals surface area contributed by atoms with Gasteiger partial charge >= 0.3 is 0 Å². The monoisotopic (exact) mass is 386 g/mol. The second kappa shape index (κ2) is 7.10. The molecular formula is C20H20F2N4O2. The number of aromatic nitrogens is 2. The molecule has 3 heterocycles. The standard InChI is InChI=1S/C20H20F2N4O2/c21-16-5-14(6-17(22)9-16)15-7-18-20(24-28-23-18)19(8-15)26-11-13(12-26)10-25-1-3-27-4-2-25/h5-9,13H,1-4,10-12H2. The van der Waals surface area contributed by atoms with E-state index in [2.05, 4.69) is 20.1 Å². The van der Waals surface area contributed by atoms with Gasteiger partial charge in [0.25, 0.3) is 0 Å². The molecule has 2 aliphatic rings. The lowest BCUT2D eigenvalue weighted by Gasteiger charge is -2.43. The Morgan fingerprint density at radius 1 is 0.929 bits per heavy atom. The van der Waals surface area contributed by atoms with Gasteiger partial charge in [-0.05, 0) is 45.7 Å². The third kappa shape index (κ3) is 3.33. The Bertz CT molecular complexity index is 977. The second-order valence-corrected chi connectivity index (χ2v) is 7.47. The van der Waals surface area contributed by atoms with E-state index in [1.54, 1.807) is 6.07 Å². The summed E-state index contributed by atoms with van der Waals surface area (Å²) < 4.78 is 37.7. The molecule has 2 fully saturated rings. The SMILES string of the molecule is Fc1cc(F)cc(-c2cc(N3CC(CN4CCOCC4)C3)c3nonc3c2)c1. The second-order valence-electron chi connectivity index (χ2n) is 7.47. The van der Waals surface area contributed by atoms with Gasteiger partial charge in [0.2, 0.25) is 0 Å². The topological polar surface area (TPSA) is 54.6 Å². The van der Waals surface area contributed by atoms with E-state index >= 15 is 0 Å². The normalized spacial score (nSPS) is 18.6. The smallest absolute Gasteiger partial charge is 0.158 e. The molecule has 0 aliphatic carbocycles. The Hall–Kier alpha value is -2.58. The summed E-state index contributed by atoms with van der Waals surface area (Å²) in [6.07, 6.45) is 0. The molecule has 0 radical (unpaired) electrons. The Balaban J connectivity index is 1.39. The van der Waals surface area contributed by atoms with Crippen LogP contribution in [0.2, 0.25) is 0 Å². The van der Waals surface area contributed by atoms with Crippen molar-refractivity contribution in [1.29, 1.82) is 0 Å². The minimum atomic E-state index is -0.607. The van der Waals surface area contributed by atoms with E-state index in [0.717, 1.165) is 57.7 Å². The number of benzene rings is 2. The van der Waals surface area contributed by atoms with Crippen LogP contribution in [0.4, 0.5) is 14.5 Å². The Morgan fingerprint density at radius 3 is 2.39 bits per heavy atom. The van der Waals surface area contributed by atoms with Gasteiger partial charge in [0.05, 0.1) is 18.9 Å². The highest BCUT2D eigenvalue weighted by Gasteiger charge is 2.31. The van der Waals surface area contributed by atoms with Crippen LogP contribution >= 0.6 is 0 Å². The fourth-order valence-electron chi connectivity index (χ4n) is 4.03. The average Bonchev–Trinajstić information content (AvgIpc) is 3.12. The summed E-state index contributed by atoms with van der Waals surface area (Å²) >= 11 is 0. The molecule has 1 aromatic heterocycles. The largest absolute Gasteiger partial charge is 0.379 e. The zero-order valence-corrected chi connectivity index (χ0v) is 15.3. The molecule has 0 unspecified atom stereocenters. The molecule has 0 N–H and O–H groups in total. The molecule has 6 nitrogen and oxygen atoms in total. The van der Waals surface area contributed by atoms with E-state index in [1.165, 1.54) is 12.1 Å². The lowest BCUT2D eigenvalue weighted by molar-refractivity contribution is 0.0286. The minimum Gasteiger partial charge on any atom is -0.379 e. The van der Waals surface area contributed by atoms with Crippen LogP contribution in [0.1, 0.15) is 0 Å². The van der Waals surface area contributed by atoms with Gasteiger partial charge in [0.1, 0.15) is 17.2 Å². The van der Waals surface area contributed by atoms with Crippen molar-refractivity contribution in [3.05, 3.63) is 42.0 Å². The van der Waals surface area contributed by atoms with Gasteiger partial charge in [0, 0.05) is 44.7 Å². The summed E-state index contributed by atoms with van der Waals surface area (Å²) in [7, 11) is 0. The summed E-state index contributed by atoms with van der Waals surface area (Å²) in [6, 6.07) is 7.16. The predicted octanol–water partition coefficient (Wildman–Crippen LogP) is 2.94. The van der Waals surface area contributed by atoms with Crippen LogP contribution in [0.3, 0.4) is 0 Å². The maximum atomic E-state index is 13.7. The number of hydrogen-bond acceptors (Lipinski definition) is 6. The van der Waals surface area contributed by atoms with Gasteiger partial charge in [-0.25, -0.2) is 13.4 Å². The Morgan fingerprint density at radius 2 is 1.64 bits per heavy atom. The number of rotatable bonds is 4. The predicted molar refractivity (Wildman–Crippen MR) is 100 cm³/mol. The van der Waals surface area contributed by atoms with Gasteiger partial charge in [-0.3, -0.25) is 4.90 Å². The highest BCUT2D eigenvalue weighted by atomic mass is 19.1. The molecule has 8 heteroatoms. The number of nitrogens with zero attached hydrogens (tertiary/aromatic N) is 4. The fraction of sp³-hybridized carbons (Fsp3) is 0.400. The van der Waals surface area contributed by atoms with E-state index in [1.807, 2.05) is 6.07 Å².